The molecule has 0 bridgehead atoms. The molecule has 0 aromatic rings. The molecule has 0 aliphatic carbocycles. The van der Waals surface area contributed by atoms with Gasteiger partial charge in [0.2, 0.25) is 0 Å². The van der Waals surface area contributed by atoms with Gasteiger partial charge < -0.3 is 28.4 Å². The van der Waals surface area contributed by atoms with Crippen molar-refractivity contribution in [2.24, 2.45) is 5.92 Å². The number of ether oxygens (including phenoxy) is 6. The van der Waals surface area contributed by atoms with Crippen LogP contribution in [0.5, 0.6) is 0 Å². The Morgan fingerprint density at radius 1 is 0.677 bits per heavy atom. The van der Waals surface area contributed by atoms with Gasteiger partial charge in [-0.05, 0) is 69.2 Å². The number of carbonyl (C=O) groups excluding carboxylic acids is 2. The number of esters is 1. The van der Waals surface area contributed by atoms with Crippen LogP contribution in [-0.4, -0.2) is 67.6 Å². The maximum absolute atomic E-state index is 12.5. The van der Waals surface area contributed by atoms with Gasteiger partial charge in [0.05, 0.1) is 30.0 Å². The largest absolute Gasteiger partial charge is 0.508 e. The number of rotatable bonds is 14. The summed E-state index contributed by atoms with van der Waals surface area (Å²) < 4.78 is 32.8. The maximum Gasteiger partial charge on any atom is 0.508 e. The molecule has 0 spiro atoms. The molecular formula is C23H44O8. The molecule has 0 aromatic heterocycles. The summed E-state index contributed by atoms with van der Waals surface area (Å²) in [5.74, 6) is -0.689. The van der Waals surface area contributed by atoms with Crippen LogP contribution in [0, 0.1) is 5.92 Å². The van der Waals surface area contributed by atoms with Crippen molar-refractivity contribution in [3.05, 3.63) is 0 Å². The Balaban J connectivity index is 4.56. The Bertz CT molecular complexity index is 542. The summed E-state index contributed by atoms with van der Waals surface area (Å²) in [4.78, 5) is 24.4. The lowest BCUT2D eigenvalue weighted by molar-refractivity contribution is -0.197. The van der Waals surface area contributed by atoms with Crippen molar-refractivity contribution in [2.45, 2.75) is 112 Å². The molecule has 0 fully saturated rings. The Kier molecular flexibility index (Phi) is 12.6. The highest BCUT2D eigenvalue weighted by atomic mass is 16.7. The predicted molar refractivity (Wildman–Crippen MR) is 118 cm³/mol. The zero-order chi connectivity index (χ0) is 24.4. The number of hydrogen-bond donors (Lipinski definition) is 0. The zero-order valence-corrected chi connectivity index (χ0v) is 21.3. The molecule has 184 valence electrons. The monoisotopic (exact) mass is 448 g/mol. The summed E-state index contributed by atoms with van der Waals surface area (Å²) in [5.41, 5.74) is -1.95. The molecule has 0 saturated heterocycles. The second-order valence-corrected chi connectivity index (χ2v) is 9.58. The minimum atomic E-state index is -1.18. The van der Waals surface area contributed by atoms with Gasteiger partial charge in [0.15, 0.2) is 5.60 Å². The van der Waals surface area contributed by atoms with E-state index in [1.165, 1.54) is 0 Å². The molecule has 0 aliphatic heterocycles. The van der Waals surface area contributed by atoms with E-state index in [1.807, 2.05) is 62.3 Å². The van der Waals surface area contributed by atoms with Gasteiger partial charge in [0.1, 0.15) is 19.8 Å². The van der Waals surface area contributed by atoms with Crippen molar-refractivity contribution in [3.8, 4) is 0 Å². The van der Waals surface area contributed by atoms with E-state index in [9.17, 15) is 9.59 Å². The fraction of sp³-hybridized carbons (Fsp3) is 0.913. The molecule has 31 heavy (non-hydrogen) atoms. The van der Waals surface area contributed by atoms with Gasteiger partial charge in [-0.25, -0.2) is 9.59 Å². The van der Waals surface area contributed by atoms with E-state index >= 15 is 0 Å². The summed E-state index contributed by atoms with van der Waals surface area (Å²) >= 11 is 0. The van der Waals surface area contributed by atoms with E-state index in [0.29, 0.717) is 0 Å². The van der Waals surface area contributed by atoms with E-state index in [0.717, 1.165) is 0 Å². The predicted octanol–water partition coefficient (Wildman–Crippen LogP) is 4.52. The average Bonchev–Trinajstić information content (AvgIpc) is 2.60. The van der Waals surface area contributed by atoms with Crippen molar-refractivity contribution in [1.29, 1.82) is 0 Å². The van der Waals surface area contributed by atoms with E-state index in [-0.39, 0.29) is 50.2 Å². The van der Waals surface area contributed by atoms with Gasteiger partial charge in [0, 0.05) is 5.92 Å². The quantitative estimate of drug-likeness (QED) is 0.358. The van der Waals surface area contributed by atoms with Crippen molar-refractivity contribution in [3.63, 3.8) is 0 Å². The normalized spacial score (nSPS) is 15.5. The molecule has 0 amide bonds. The first-order valence-corrected chi connectivity index (χ1v) is 11.0. The minimum Gasteiger partial charge on any atom is -0.461 e. The first-order chi connectivity index (χ1) is 14.1. The zero-order valence-electron chi connectivity index (χ0n) is 21.3. The highest BCUT2D eigenvalue weighted by molar-refractivity contribution is 5.78. The van der Waals surface area contributed by atoms with E-state index in [1.54, 1.807) is 13.8 Å². The molecule has 0 N–H and O–H groups in total. The van der Waals surface area contributed by atoms with Gasteiger partial charge in [-0.15, -0.1) is 0 Å². The fourth-order valence-electron chi connectivity index (χ4n) is 2.80. The standard InChI is InChI=1S/C23H44O8/c1-15(2)29-18(6)13-26-20(24)23(10,11)31-22(8,9)17(5)12-27-21(25)28-14-19(7)30-16(3)4/h15-19H,12-14H2,1-11H3. The first-order valence-electron chi connectivity index (χ1n) is 11.0. The molecule has 0 heterocycles. The van der Waals surface area contributed by atoms with Gasteiger partial charge in [-0.3, -0.25) is 0 Å². The number of carbonyl (C=O) groups is 2. The number of hydrogen-bond acceptors (Lipinski definition) is 8. The summed E-state index contributed by atoms with van der Waals surface area (Å²) in [6, 6.07) is 0. The molecule has 0 rings (SSSR count). The van der Waals surface area contributed by atoms with Crippen LogP contribution in [0.1, 0.15) is 76.2 Å². The lowest BCUT2D eigenvalue weighted by Crippen LogP contribution is -2.48. The Hall–Kier alpha value is -1.38. The lowest BCUT2D eigenvalue weighted by atomic mass is 9.92. The Labute approximate surface area is 188 Å². The molecular weight excluding hydrogens is 404 g/mol. The fourth-order valence-corrected chi connectivity index (χ4v) is 2.80. The third-order valence-corrected chi connectivity index (χ3v) is 4.54. The minimum absolute atomic E-state index is 0.0496. The van der Waals surface area contributed by atoms with Crippen LogP contribution in [0.25, 0.3) is 0 Å². The van der Waals surface area contributed by atoms with Crippen LogP contribution >= 0.6 is 0 Å². The molecule has 0 radical (unpaired) electrons. The van der Waals surface area contributed by atoms with Gasteiger partial charge in [0.25, 0.3) is 0 Å². The third kappa shape index (κ3) is 12.9. The van der Waals surface area contributed by atoms with Crippen molar-refractivity contribution >= 4 is 12.1 Å². The maximum atomic E-state index is 12.5. The topological polar surface area (TPSA) is 89.5 Å². The first kappa shape index (κ1) is 29.6. The summed E-state index contributed by atoms with van der Waals surface area (Å²) in [7, 11) is 0. The van der Waals surface area contributed by atoms with Crippen LogP contribution in [0.3, 0.4) is 0 Å². The summed E-state index contributed by atoms with van der Waals surface area (Å²) in [6.45, 7) is 20.5. The van der Waals surface area contributed by atoms with Crippen LogP contribution in [0.2, 0.25) is 0 Å². The molecule has 3 atom stereocenters. The van der Waals surface area contributed by atoms with Crippen LogP contribution in [0.15, 0.2) is 0 Å². The second kappa shape index (κ2) is 13.2. The average molecular weight is 449 g/mol. The highest BCUT2D eigenvalue weighted by Crippen LogP contribution is 2.28. The molecule has 3 unspecified atom stereocenters. The molecule has 8 nitrogen and oxygen atoms in total. The Morgan fingerprint density at radius 3 is 1.55 bits per heavy atom. The smallest absolute Gasteiger partial charge is 0.461 e. The molecule has 8 heteroatoms. The van der Waals surface area contributed by atoms with E-state index < -0.39 is 23.3 Å². The van der Waals surface area contributed by atoms with Crippen LogP contribution in [-0.2, 0) is 33.2 Å². The van der Waals surface area contributed by atoms with E-state index in [4.69, 9.17) is 28.4 Å². The molecule has 0 aromatic carbocycles. The summed E-state index contributed by atoms with van der Waals surface area (Å²) in [6.07, 6.45) is -1.09. The molecule has 0 saturated carbocycles. The van der Waals surface area contributed by atoms with Gasteiger partial charge in [-0.2, -0.15) is 0 Å². The third-order valence-electron chi connectivity index (χ3n) is 4.54. The van der Waals surface area contributed by atoms with Crippen LogP contribution < -0.4 is 0 Å². The lowest BCUT2D eigenvalue weighted by Gasteiger charge is -2.38. The highest BCUT2D eigenvalue weighted by Gasteiger charge is 2.40. The molecule has 0 aliphatic rings. The van der Waals surface area contributed by atoms with Crippen LogP contribution in [0.4, 0.5) is 4.79 Å². The Morgan fingerprint density at radius 2 is 1.10 bits per heavy atom. The van der Waals surface area contributed by atoms with Crippen molar-refractivity contribution < 1.29 is 38.0 Å². The van der Waals surface area contributed by atoms with Crippen molar-refractivity contribution in [2.75, 3.05) is 19.8 Å². The van der Waals surface area contributed by atoms with Crippen molar-refractivity contribution in [1.82, 2.24) is 0 Å². The van der Waals surface area contributed by atoms with Gasteiger partial charge in [-0.1, -0.05) is 6.92 Å². The van der Waals surface area contributed by atoms with E-state index in [2.05, 4.69) is 0 Å². The van der Waals surface area contributed by atoms with Gasteiger partial charge >= 0.3 is 12.1 Å². The summed E-state index contributed by atoms with van der Waals surface area (Å²) in [5, 5.41) is 0. The second-order valence-electron chi connectivity index (χ2n) is 9.58. The SMILES string of the molecule is CC(C)OC(C)COC(=O)OCC(C)C(C)(C)OC(C)(C)C(=O)OCC(C)OC(C)C.